The van der Waals surface area contributed by atoms with Crippen molar-refractivity contribution >= 4 is 5.69 Å². The number of aromatic amines is 1. The number of H-pyrrole nitrogens is 1. The highest BCUT2D eigenvalue weighted by molar-refractivity contribution is 5.59. The van der Waals surface area contributed by atoms with Crippen molar-refractivity contribution < 1.29 is 0 Å². The minimum atomic E-state index is -0.108. The van der Waals surface area contributed by atoms with E-state index in [9.17, 15) is 0 Å². The molecule has 1 atom stereocenters. The van der Waals surface area contributed by atoms with Gasteiger partial charge in [-0.15, -0.1) is 10.2 Å². The van der Waals surface area contributed by atoms with E-state index in [-0.39, 0.29) is 6.04 Å². The molecule has 0 aliphatic rings. The quantitative estimate of drug-likeness (QED) is 0.831. The maximum Gasteiger partial charge on any atom is 0.196 e. The number of rotatable bonds is 3. The molecule has 0 aliphatic heterocycles. The molecule has 6 heteroatoms. The lowest BCUT2D eigenvalue weighted by molar-refractivity contribution is 0.793. The molecule has 0 radical (unpaired) electrons. The van der Waals surface area contributed by atoms with Crippen LogP contribution in [0, 0.1) is 18.3 Å². The van der Waals surface area contributed by atoms with E-state index in [1.807, 2.05) is 32.0 Å². The Labute approximate surface area is 98.7 Å². The van der Waals surface area contributed by atoms with Gasteiger partial charge in [0.15, 0.2) is 5.82 Å². The van der Waals surface area contributed by atoms with Gasteiger partial charge in [0.25, 0.3) is 0 Å². The Balaban J connectivity index is 2.22. The van der Waals surface area contributed by atoms with Gasteiger partial charge in [-0.25, -0.2) is 0 Å². The van der Waals surface area contributed by atoms with Gasteiger partial charge in [0.2, 0.25) is 0 Å². The van der Waals surface area contributed by atoms with Gasteiger partial charge in [-0.3, -0.25) is 0 Å². The molecule has 17 heavy (non-hydrogen) atoms. The number of nitriles is 1. The predicted octanol–water partition coefficient (Wildman–Crippen LogP) is 1.55. The van der Waals surface area contributed by atoms with E-state index in [4.69, 9.17) is 5.26 Å². The van der Waals surface area contributed by atoms with E-state index >= 15 is 0 Å². The summed E-state index contributed by atoms with van der Waals surface area (Å²) in [4.78, 5) is 0. The fraction of sp³-hybridized carbons (Fsp3) is 0.273. The molecule has 0 bridgehead atoms. The first-order valence-electron chi connectivity index (χ1n) is 5.21. The molecular formula is C11H12N6. The molecule has 6 nitrogen and oxygen atoms in total. The van der Waals surface area contributed by atoms with Crippen LogP contribution < -0.4 is 5.32 Å². The van der Waals surface area contributed by atoms with Crippen LogP contribution in [0.4, 0.5) is 5.69 Å². The molecule has 1 heterocycles. The minimum absolute atomic E-state index is 0.108. The second kappa shape index (κ2) is 4.61. The molecule has 2 aromatic rings. The minimum Gasteiger partial charge on any atom is -0.374 e. The zero-order valence-corrected chi connectivity index (χ0v) is 9.60. The van der Waals surface area contributed by atoms with E-state index in [0.717, 1.165) is 11.3 Å². The number of aromatic nitrogens is 4. The van der Waals surface area contributed by atoms with Crippen LogP contribution in [-0.4, -0.2) is 20.6 Å². The summed E-state index contributed by atoms with van der Waals surface area (Å²) < 4.78 is 0. The summed E-state index contributed by atoms with van der Waals surface area (Å²) in [6.07, 6.45) is 0. The van der Waals surface area contributed by atoms with Crippen LogP contribution >= 0.6 is 0 Å². The third-order valence-corrected chi connectivity index (χ3v) is 2.42. The molecule has 1 aromatic heterocycles. The van der Waals surface area contributed by atoms with Crippen LogP contribution in [0.25, 0.3) is 0 Å². The molecule has 0 saturated carbocycles. The molecule has 2 N–H and O–H groups in total. The second-order valence-electron chi connectivity index (χ2n) is 3.80. The van der Waals surface area contributed by atoms with Crippen molar-refractivity contribution in [2.45, 2.75) is 19.9 Å². The summed E-state index contributed by atoms with van der Waals surface area (Å²) in [5, 5.41) is 25.9. The van der Waals surface area contributed by atoms with Gasteiger partial charge < -0.3 is 5.32 Å². The highest BCUT2D eigenvalue weighted by Gasteiger charge is 2.11. The summed E-state index contributed by atoms with van der Waals surface area (Å²) in [5.41, 5.74) is 2.44. The van der Waals surface area contributed by atoms with Crippen molar-refractivity contribution in [2.24, 2.45) is 0 Å². The predicted molar refractivity (Wildman–Crippen MR) is 62.1 cm³/mol. The Hall–Kier alpha value is -2.42. The van der Waals surface area contributed by atoms with Gasteiger partial charge in [0, 0.05) is 0 Å². The van der Waals surface area contributed by atoms with Crippen molar-refractivity contribution in [3.05, 3.63) is 35.2 Å². The monoisotopic (exact) mass is 228 g/mol. The molecular weight excluding hydrogens is 216 g/mol. The summed E-state index contributed by atoms with van der Waals surface area (Å²) in [5.74, 6) is 0.564. The first-order chi connectivity index (χ1) is 8.20. The van der Waals surface area contributed by atoms with E-state index in [2.05, 4.69) is 32.0 Å². The summed E-state index contributed by atoms with van der Waals surface area (Å²) in [6.45, 7) is 3.86. The van der Waals surface area contributed by atoms with Gasteiger partial charge in [-0.1, -0.05) is 11.3 Å². The number of hydrogen-bond acceptors (Lipinski definition) is 5. The zero-order valence-electron chi connectivity index (χ0n) is 9.60. The molecule has 1 unspecified atom stereocenters. The number of hydrogen-bond donors (Lipinski definition) is 2. The Morgan fingerprint density at radius 3 is 2.94 bits per heavy atom. The van der Waals surface area contributed by atoms with Crippen molar-refractivity contribution in [3.63, 3.8) is 0 Å². The topological polar surface area (TPSA) is 90.3 Å². The van der Waals surface area contributed by atoms with Crippen molar-refractivity contribution in [3.8, 4) is 6.07 Å². The lowest BCUT2D eigenvalue weighted by Gasteiger charge is -2.13. The van der Waals surface area contributed by atoms with E-state index < -0.39 is 0 Å². The van der Waals surface area contributed by atoms with Crippen LogP contribution in [-0.2, 0) is 0 Å². The zero-order chi connectivity index (χ0) is 12.3. The number of nitrogens with one attached hydrogen (secondary N) is 2. The number of nitrogens with zero attached hydrogens (tertiary/aromatic N) is 4. The Morgan fingerprint density at radius 1 is 1.47 bits per heavy atom. The maximum atomic E-state index is 9.05. The highest BCUT2D eigenvalue weighted by Crippen LogP contribution is 2.20. The molecule has 0 amide bonds. The number of benzene rings is 1. The highest BCUT2D eigenvalue weighted by atomic mass is 15.5. The molecule has 1 aromatic carbocycles. The largest absolute Gasteiger partial charge is 0.374 e. The van der Waals surface area contributed by atoms with Gasteiger partial charge in [0.1, 0.15) is 6.07 Å². The summed E-state index contributed by atoms with van der Waals surface area (Å²) in [6, 6.07) is 7.72. The first-order valence-corrected chi connectivity index (χ1v) is 5.21. The van der Waals surface area contributed by atoms with E-state index in [0.29, 0.717) is 11.4 Å². The fourth-order valence-corrected chi connectivity index (χ4v) is 1.53. The van der Waals surface area contributed by atoms with E-state index in [1.54, 1.807) is 0 Å². The van der Waals surface area contributed by atoms with E-state index in [1.165, 1.54) is 0 Å². The number of anilines is 1. The fourth-order valence-electron chi connectivity index (χ4n) is 1.53. The Kier molecular flexibility index (Phi) is 3.01. The molecule has 0 saturated heterocycles. The van der Waals surface area contributed by atoms with Crippen molar-refractivity contribution in [2.75, 3.05) is 5.32 Å². The SMILES string of the molecule is Cc1ccc(NC(C)c2nn[nH]n2)c(C#N)c1. The lowest BCUT2D eigenvalue weighted by atomic mass is 10.1. The molecule has 0 fully saturated rings. The van der Waals surface area contributed by atoms with Crippen LogP contribution in [0.15, 0.2) is 18.2 Å². The van der Waals surface area contributed by atoms with Crippen molar-refractivity contribution in [1.82, 2.24) is 20.6 Å². The molecule has 0 aliphatic carbocycles. The van der Waals surface area contributed by atoms with Crippen LogP contribution in [0.2, 0.25) is 0 Å². The van der Waals surface area contributed by atoms with Crippen LogP contribution in [0.1, 0.15) is 29.9 Å². The number of tetrazole rings is 1. The first kappa shape index (κ1) is 11.1. The molecule has 0 spiro atoms. The lowest BCUT2D eigenvalue weighted by Crippen LogP contribution is -2.09. The van der Waals surface area contributed by atoms with Gasteiger partial charge in [0.05, 0.1) is 17.3 Å². The Bertz CT molecular complexity index is 540. The maximum absolute atomic E-state index is 9.05. The molecule has 2 rings (SSSR count). The number of aryl methyl sites for hydroxylation is 1. The average molecular weight is 228 g/mol. The van der Waals surface area contributed by atoms with Crippen LogP contribution in [0.3, 0.4) is 0 Å². The molecule has 86 valence electrons. The smallest absolute Gasteiger partial charge is 0.196 e. The van der Waals surface area contributed by atoms with Gasteiger partial charge >= 0.3 is 0 Å². The average Bonchev–Trinajstić information content (AvgIpc) is 2.85. The normalized spacial score (nSPS) is 11.8. The standard InChI is InChI=1S/C11H12N6/c1-7-3-4-10(9(5-7)6-12)13-8(2)11-14-16-17-15-11/h3-5,8,13H,1-2H3,(H,14,15,16,17). The third kappa shape index (κ3) is 2.39. The summed E-state index contributed by atoms with van der Waals surface area (Å²) in [7, 11) is 0. The van der Waals surface area contributed by atoms with Gasteiger partial charge in [-0.05, 0) is 31.5 Å². The van der Waals surface area contributed by atoms with Gasteiger partial charge in [-0.2, -0.15) is 10.5 Å². The van der Waals surface area contributed by atoms with Crippen molar-refractivity contribution in [1.29, 1.82) is 5.26 Å². The van der Waals surface area contributed by atoms with Crippen LogP contribution in [0.5, 0.6) is 0 Å². The third-order valence-electron chi connectivity index (χ3n) is 2.42. The Morgan fingerprint density at radius 2 is 2.29 bits per heavy atom. The summed E-state index contributed by atoms with van der Waals surface area (Å²) >= 11 is 0. The second-order valence-corrected chi connectivity index (χ2v) is 3.80.